The Kier molecular flexibility index (Phi) is 6.02. The number of aryl methyl sites for hydroxylation is 3. The predicted molar refractivity (Wildman–Crippen MR) is 162 cm³/mol. The van der Waals surface area contributed by atoms with Crippen LogP contribution in [0.2, 0.25) is 0 Å². The molecule has 0 aliphatic carbocycles. The van der Waals surface area contributed by atoms with Gasteiger partial charge >= 0.3 is 0 Å². The van der Waals surface area contributed by atoms with Crippen LogP contribution in [0.5, 0.6) is 0 Å². The highest BCUT2D eigenvalue weighted by molar-refractivity contribution is 6.15. The number of amides is 1. The minimum Gasteiger partial charge on any atom is -0.359 e. The van der Waals surface area contributed by atoms with E-state index in [-0.39, 0.29) is 18.0 Å². The number of hydrogen-bond donors (Lipinski definition) is 2. The van der Waals surface area contributed by atoms with Crippen molar-refractivity contribution < 1.29 is 9.18 Å². The molecular weight excluding hydrogens is 543 g/mol. The van der Waals surface area contributed by atoms with Gasteiger partial charge in [-0.25, -0.2) is 14.4 Å². The number of rotatable bonds is 5. The number of benzene rings is 3. The van der Waals surface area contributed by atoms with Gasteiger partial charge in [0, 0.05) is 53.3 Å². The zero-order valence-corrected chi connectivity index (χ0v) is 23.6. The van der Waals surface area contributed by atoms with Crippen LogP contribution in [-0.2, 0) is 13.6 Å². The molecule has 0 saturated heterocycles. The fourth-order valence-electron chi connectivity index (χ4n) is 5.65. The second kappa shape index (κ2) is 9.92. The van der Waals surface area contributed by atoms with E-state index in [0.29, 0.717) is 34.1 Å². The standard InChI is InChI=1S/C33H25FN8O/c1-18-15-37-33(38-29-12-19(2)41(3)40-29)39-30(18)25-16-36-31-23(25)7-5-9-28(31)42-17-26-21(6-4-8-24(26)32(42)43)22-11-10-20(14-35)13-27(22)34/h4-13,15-16,36H,17H2,1-3H3,(H,37,38,39,40). The van der Waals surface area contributed by atoms with E-state index in [1.807, 2.05) is 63.5 Å². The molecule has 2 N–H and O–H groups in total. The Bertz CT molecular complexity index is 2120. The summed E-state index contributed by atoms with van der Waals surface area (Å²) in [5, 5.41) is 17.7. The summed E-state index contributed by atoms with van der Waals surface area (Å²) in [6.45, 7) is 4.21. The van der Waals surface area contributed by atoms with Gasteiger partial charge in [-0.1, -0.05) is 30.3 Å². The molecule has 0 spiro atoms. The highest BCUT2D eigenvalue weighted by Crippen LogP contribution is 2.40. The lowest BCUT2D eigenvalue weighted by Crippen LogP contribution is -2.23. The molecule has 0 atom stereocenters. The van der Waals surface area contributed by atoms with Crippen molar-refractivity contribution in [1.82, 2.24) is 24.7 Å². The van der Waals surface area contributed by atoms with Crippen LogP contribution in [0.25, 0.3) is 33.3 Å². The van der Waals surface area contributed by atoms with Crippen molar-refractivity contribution in [3.63, 3.8) is 0 Å². The Morgan fingerprint density at radius 3 is 2.60 bits per heavy atom. The summed E-state index contributed by atoms with van der Waals surface area (Å²) in [6.07, 6.45) is 3.66. The third-order valence-electron chi connectivity index (χ3n) is 7.92. The number of nitrogens with zero attached hydrogens (tertiary/aromatic N) is 6. The number of anilines is 3. The smallest absolute Gasteiger partial charge is 0.259 e. The molecule has 1 amide bonds. The monoisotopic (exact) mass is 568 g/mol. The summed E-state index contributed by atoms with van der Waals surface area (Å²) in [7, 11) is 1.88. The summed E-state index contributed by atoms with van der Waals surface area (Å²) in [5.41, 5.74) is 7.54. The normalized spacial score (nSPS) is 12.5. The number of aromatic nitrogens is 5. The van der Waals surface area contributed by atoms with Crippen LogP contribution in [0.15, 0.2) is 73.1 Å². The van der Waals surface area contributed by atoms with E-state index in [1.165, 1.54) is 6.07 Å². The number of aromatic amines is 1. The second-order valence-corrected chi connectivity index (χ2v) is 10.6. The molecule has 43 heavy (non-hydrogen) atoms. The van der Waals surface area contributed by atoms with Crippen LogP contribution in [0, 0.1) is 31.0 Å². The number of H-pyrrole nitrogens is 1. The Hall–Kier alpha value is -5.82. The number of nitriles is 1. The summed E-state index contributed by atoms with van der Waals surface area (Å²) in [5.74, 6) is 0.423. The SMILES string of the molecule is Cc1cnc(Nc2cc(C)n(C)n2)nc1-c1c[nH]c2c(N3Cc4c(cccc4-c4ccc(C#N)cc4F)C3=O)cccc12. The van der Waals surface area contributed by atoms with E-state index in [4.69, 9.17) is 10.2 Å². The summed E-state index contributed by atoms with van der Waals surface area (Å²) in [4.78, 5) is 28.1. The molecule has 0 saturated carbocycles. The average Bonchev–Trinajstić information content (AvgIpc) is 3.68. The van der Waals surface area contributed by atoms with Gasteiger partial charge in [0.25, 0.3) is 5.91 Å². The molecule has 0 unspecified atom stereocenters. The summed E-state index contributed by atoms with van der Waals surface area (Å²) >= 11 is 0. The fourth-order valence-corrected chi connectivity index (χ4v) is 5.65. The molecule has 210 valence electrons. The molecule has 0 bridgehead atoms. The van der Waals surface area contributed by atoms with Gasteiger partial charge in [-0.15, -0.1) is 0 Å². The Balaban J connectivity index is 1.26. The molecule has 4 heterocycles. The highest BCUT2D eigenvalue weighted by atomic mass is 19.1. The third-order valence-corrected chi connectivity index (χ3v) is 7.92. The third kappa shape index (κ3) is 4.30. The van der Waals surface area contributed by atoms with Gasteiger partial charge < -0.3 is 15.2 Å². The number of fused-ring (bicyclic) bond motifs is 2. The van der Waals surface area contributed by atoms with Crippen LogP contribution in [-0.4, -0.2) is 30.6 Å². The van der Waals surface area contributed by atoms with Crippen molar-refractivity contribution in [3.05, 3.63) is 107 Å². The van der Waals surface area contributed by atoms with Gasteiger partial charge in [-0.3, -0.25) is 9.48 Å². The number of nitrogens with one attached hydrogen (secondary N) is 2. The predicted octanol–water partition coefficient (Wildman–Crippen LogP) is 6.56. The first-order valence-electron chi connectivity index (χ1n) is 13.7. The lowest BCUT2D eigenvalue weighted by atomic mass is 9.96. The first-order valence-corrected chi connectivity index (χ1v) is 13.7. The van der Waals surface area contributed by atoms with Crippen molar-refractivity contribution in [2.24, 2.45) is 7.05 Å². The second-order valence-electron chi connectivity index (χ2n) is 10.6. The van der Waals surface area contributed by atoms with Crippen molar-refractivity contribution in [1.29, 1.82) is 5.26 Å². The van der Waals surface area contributed by atoms with Gasteiger partial charge in [-0.05, 0) is 54.8 Å². The number of halogens is 1. The highest BCUT2D eigenvalue weighted by Gasteiger charge is 2.32. The molecule has 10 heteroatoms. The van der Waals surface area contributed by atoms with E-state index >= 15 is 4.39 Å². The molecule has 1 aliphatic rings. The van der Waals surface area contributed by atoms with Gasteiger partial charge in [-0.2, -0.15) is 10.4 Å². The molecule has 7 rings (SSSR count). The zero-order chi connectivity index (χ0) is 29.8. The molecular formula is C33H25FN8O. The van der Waals surface area contributed by atoms with Crippen LogP contribution < -0.4 is 10.2 Å². The van der Waals surface area contributed by atoms with Crippen molar-refractivity contribution in [3.8, 4) is 28.5 Å². The maximum absolute atomic E-state index is 15.0. The largest absolute Gasteiger partial charge is 0.359 e. The number of carbonyl (C=O) groups is 1. The van der Waals surface area contributed by atoms with Crippen LogP contribution >= 0.6 is 0 Å². The van der Waals surface area contributed by atoms with E-state index < -0.39 is 5.82 Å². The zero-order valence-electron chi connectivity index (χ0n) is 23.6. The fraction of sp³-hybridized carbons (Fsp3) is 0.121. The topological polar surface area (TPSA) is 116 Å². The average molecular weight is 569 g/mol. The van der Waals surface area contributed by atoms with Gasteiger partial charge in [0.1, 0.15) is 5.82 Å². The Morgan fingerprint density at radius 2 is 1.84 bits per heavy atom. The lowest BCUT2D eigenvalue weighted by Gasteiger charge is -2.17. The maximum Gasteiger partial charge on any atom is 0.259 e. The number of carbonyl (C=O) groups excluding carboxylic acids is 1. The summed E-state index contributed by atoms with van der Waals surface area (Å²) < 4.78 is 16.8. The van der Waals surface area contributed by atoms with Gasteiger partial charge in [0.15, 0.2) is 5.82 Å². The molecule has 9 nitrogen and oxygen atoms in total. The van der Waals surface area contributed by atoms with Crippen LogP contribution in [0.3, 0.4) is 0 Å². The Morgan fingerprint density at radius 1 is 1.02 bits per heavy atom. The van der Waals surface area contributed by atoms with Crippen LogP contribution in [0.4, 0.5) is 21.8 Å². The maximum atomic E-state index is 15.0. The first kappa shape index (κ1) is 26.1. The quantitative estimate of drug-likeness (QED) is 0.243. The number of hydrogen-bond acceptors (Lipinski definition) is 6. The first-order chi connectivity index (χ1) is 20.8. The van der Waals surface area contributed by atoms with Crippen molar-refractivity contribution in [2.45, 2.75) is 20.4 Å². The van der Waals surface area contributed by atoms with Crippen molar-refractivity contribution >= 4 is 34.3 Å². The number of para-hydroxylation sites is 1. The molecule has 1 aliphatic heterocycles. The summed E-state index contributed by atoms with van der Waals surface area (Å²) in [6, 6.07) is 19.4. The molecule has 6 aromatic rings. The molecule has 3 aromatic heterocycles. The van der Waals surface area contributed by atoms with Crippen LogP contribution in [0.1, 0.15) is 32.7 Å². The van der Waals surface area contributed by atoms with E-state index in [2.05, 4.69) is 20.4 Å². The minimum absolute atomic E-state index is 0.162. The molecule has 0 fully saturated rings. The van der Waals surface area contributed by atoms with Gasteiger partial charge in [0.05, 0.1) is 35.1 Å². The van der Waals surface area contributed by atoms with Gasteiger partial charge in [0.2, 0.25) is 5.95 Å². The van der Waals surface area contributed by atoms with Crippen molar-refractivity contribution in [2.75, 3.05) is 10.2 Å². The lowest BCUT2D eigenvalue weighted by molar-refractivity contribution is 0.0997. The molecule has 3 aromatic carbocycles. The van der Waals surface area contributed by atoms with E-state index in [0.717, 1.165) is 39.0 Å². The Labute approximate surface area is 246 Å². The molecule has 0 radical (unpaired) electrons. The minimum atomic E-state index is -0.498. The van der Waals surface area contributed by atoms with E-state index in [1.54, 1.807) is 40.0 Å². The van der Waals surface area contributed by atoms with E-state index in [9.17, 15) is 4.79 Å².